The first-order chi connectivity index (χ1) is 16.9. The fourth-order valence-corrected chi connectivity index (χ4v) is 3.83. The van der Waals surface area contributed by atoms with Gasteiger partial charge in [-0.1, -0.05) is 44.2 Å². The van der Waals surface area contributed by atoms with Crippen LogP contribution in [0.15, 0.2) is 60.7 Å². The molecule has 1 aromatic heterocycles. The van der Waals surface area contributed by atoms with E-state index in [2.05, 4.69) is 37.4 Å². The molecule has 0 aliphatic carbocycles. The van der Waals surface area contributed by atoms with E-state index in [0.717, 1.165) is 40.8 Å². The second-order valence-corrected chi connectivity index (χ2v) is 8.12. The van der Waals surface area contributed by atoms with Crippen LogP contribution in [0.5, 0.6) is 11.5 Å². The average molecular weight is 473 g/mol. The minimum absolute atomic E-state index is 0.163. The first kappa shape index (κ1) is 25.7. The molecule has 1 N–H and O–H groups in total. The summed E-state index contributed by atoms with van der Waals surface area (Å²) in [7, 11) is 3.04. The summed E-state index contributed by atoms with van der Waals surface area (Å²) in [4.78, 5) is 30.4. The van der Waals surface area contributed by atoms with Gasteiger partial charge in [-0.2, -0.15) is 0 Å². The maximum Gasteiger partial charge on any atom is 0.251 e. The normalized spacial score (nSPS) is 11.2. The lowest BCUT2D eigenvalue weighted by Crippen LogP contribution is -2.30. The lowest BCUT2D eigenvalue weighted by molar-refractivity contribution is 0.0902. The monoisotopic (exact) mass is 472 g/mol. The number of ether oxygens (including phenoxy) is 2. The molecule has 6 heteroatoms. The Labute approximate surface area is 207 Å². The zero-order valence-corrected chi connectivity index (χ0v) is 21.0. The number of allylic oxidation sites excluding steroid dienone is 1. The Hall–Kier alpha value is -3.93. The van der Waals surface area contributed by atoms with Gasteiger partial charge in [-0.3, -0.25) is 9.59 Å². The summed E-state index contributed by atoms with van der Waals surface area (Å²) in [5, 5.41) is 2.70. The highest BCUT2D eigenvalue weighted by molar-refractivity contribution is 6.01. The maximum absolute atomic E-state index is 13.1. The van der Waals surface area contributed by atoms with E-state index < -0.39 is 0 Å². The van der Waals surface area contributed by atoms with Crippen molar-refractivity contribution in [1.82, 2.24) is 10.3 Å². The lowest BCUT2D eigenvalue weighted by atomic mass is 9.95. The van der Waals surface area contributed by atoms with Crippen molar-refractivity contribution in [1.29, 1.82) is 0 Å². The average Bonchev–Trinajstić information content (AvgIpc) is 2.89. The molecular formula is C29H32N2O4. The van der Waals surface area contributed by atoms with Crippen LogP contribution in [0.3, 0.4) is 0 Å². The fraction of sp³-hybridized carbons (Fsp3) is 0.276. The van der Waals surface area contributed by atoms with E-state index >= 15 is 0 Å². The lowest BCUT2D eigenvalue weighted by Gasteiger charge is -2.14. The van der Waals surface area contributed by atoms with Gasteiger partial charge >= 0.3 is 0 Å². The summed E-state index contributed by atoms with van der Waals surface area (Å²) in [6.45, 7) is 6.03. The Morgan fingerprint density at radius 3 is 2.31 bits per heavy atom. The molecule has 1 heterocycles. The summed E-state index contributed by atoms with van der Waals surface area (Å²) in [5.41, 5.74) is 5.72. The van der Waals surface area contributed by atoms with Crippen LogP contribution in [-0.4, -0.2) is 37.4 Å². The summed E-state index contributed by atoms with van der Waals surface area (Å²) >= 11 is 0. The molecule has 0 aliphatic rings. The second kappa shape index (κ2) is 12.0. The molecule has 6 nitrogen and oxygen atoms in total. The molecule has 0 saturated carbocycles. The van der Waals surface area contributed by atoms with Crippen molar-refractivity contribution in [2.45, 2.75) is 33.6 Å². The number of carbonyl (C=O) groups excluding carboxylic acids is 2. The summed E-state index contributed by atoms with van der Waals surface area (Å²) in [6.07, 6.45) is 3.74. The number of carbonyl (C=O) groups is 2. The molecular weight excluding hydrogens is 440 g/mol. The van der Waals surface area contributed by atoms with Crippen molar-refractivity contribution >= 4 is 17.3 Å². The van der Waals surface area contributed by atoms with Crippen molar-refractivity contribution in [3.05, 3.63) is 94.3 Å². The topological polar surface area (TPSA) is 77.5 Å². The minimum Gasteiger partial charge on any atom is -0.493 e. The third-order valence-electron chi connectivity index (χ3n) is 5.75. The number of rotatable bonds is 10. The summed E-state index contributed by atoms with van der Waals surface area (Å²) in [5.74, 6) is 0.339. The molecule has 0 aliphatic heterocycles. The molecule has 182 valence electrons. The number of hydrogen-bond acceptors (Lipinski definition) is 5. The largest absolute Gasteiger partial charge is 0.493 e. The van der Waals surface area contributed by atoms with Gasteiger partial charge in [-0.15, -0.1) is 0 Å². The Morgan fingerprint density at radius 1 is 0.943 bits per heavy atom. The molecule has 0 bridgehead atoms. The molecule has 2 aromatic carbocycles. The van der Waals surface area contributed by atoms with Crippen LogP contribution in [0, 0.1) is 6.92 Å². The highest BCUT2D eigenvalue weighted by Crippen LogP contribution is 2.28. The highest BCUT2D eigenvalue weighted by atomic mass is 16.5. The molecule has 0 radical (unpaired) electrons. The Morgan fingerprint density at radius 2 is 1.66 bits per heavy atom. The van der Waals surface area contributed by atoms with Crippen molar-refractivity contribution < 1.29 is 19.1 Å². The van der Waals surface area contributed by atoms with E-state index in [1.54, 1.807) is 24.3 Å². The molecule has 35 heavy (non-hydrogen) atoms. The smallest absolute Gasteiger partial charge is 0.251 e. The third kappa shape index (κ3) is 6.15. The zero-order valence-electron chi connectivity index (χ0n) is 21.0. The van der Waals surface area contributed by atoms with Crippen LogP contribution in [-0.2, 0) is 6.42 Å². The van der Waals surface area contributed by atoms with Crippen LogP contribution in [0.4, 0.5) is 0 Å². The first-order valence-electron chi connectivity index (χ1n) is 11.7. The molecule has 3 aromatic rings. The predicted molar refractivity (Wildman–Crippen MR) is 138 cm³/mol. The first-order valence-corrected chi connectivity index (χ1v) is 11.7. The zero-order chi connectivity index (χ0) is 25.4. The van der Waals surface area contributed by atoms with Crippen molar-refractivity contribution in [3.63, 3.8) is 0 Å². The molecule has 3 rings (SSSR count). The van der Waals surface area contributed by atoms with Gasteiger partial charge in [0, 0.05) is 11.1 Å². The van der Waals surface area contributed by atoms with E-state index in [1.807, 2.05) is 25.1 Å². The standard InChI is InChI=1S/C29H32N2O4/c1-6-10-23(22-12-9-8-11-19(22)3)24-15-20(7-2)16-25(31-24)26(32)18-30-29(33)21-13-14-27(34-4)28(17-21)35-5/h8-17H,6-7,18H2,1-5H3,(H,30,33). The van der Waals surface area contributed by atoms with Gasteiger partial charge in [0.2, 0.25) is 0 Å². The summed E-state index contributed by atoms with van der Waals surface area (Å²) < 4.78 is 10.5. The third-order valence-corrected chi connectivity index (χ3v) is 5.75. The van der Waals surface area contributed by atoms with Crippen molar-refractivity contribution in [3.8, 4) is 11.5 Å². The van der Waals surface area contributed by atoms with Crippen LogP contribution in [0.1, 0.15) is 63.5 Å². The SMILES string of the molecule is CCC=C(c1cc(CC)cc(C(=O)CNC(=O)c2ccc(OC)c(OC)c2)n1)c1ccccc1C. The quantitative estimate of drug-likeness (QED) is 0.399. The van der Waals surface area contributed by atoms with Gasteiger partial charge in [0.1, 0.15) is 5.69 Å². The van der Waals surface area contributed by atoms with E-state index in [0.29, 0.717) is 22.8 Å². The van der Waals surface area contributed by atoms with Gasteiger partial charge in [0.05, 0.1) is 26.5 Å². The van der Waals surface area contributed by atoms with Crippen LogP contribution < -0.4 is 14.8 Å². The Bertz CT molecular complexity index is 1250. The number of nitrogens with one attached hydrogen (secondary N) is 1. The number of aromatic nitrogens is 1. The molecule has 0 fully saturated rings. The second-order valence-electron chi connectivity index (χ2n) is 8.12. The number of nitrogens with zero attached hydrogens (tertiary/aromatic N) is 1. The van der Waals surface area contributed by atoms with Gasteiger partial charge in [0.15, 0.2) is 17.3 Å². The van der Waals surface area contributed by atoms with E-state index in [-0.39, 0.29) is 18.2 Å². The van der Waals surface area contributed by atoms with Crippen molar-refractivity contribution in [2.75, 3.05) is 20.8 Å². The van der Waals surface area contributed by atoms with Crippen LogP contribution in [0.25, 0.3) is 5.57 Å². The predicted octanol–water partition coefficient (Wildman–Crippen LogP) is 5.42. The highest BCUT2D eigenvalue weighted by Gasteiger charge is 2.17. The number of Topliss-reactive ketones (excluding diaryl/α,β-unsaturated/α-hetero) is 1. The van der Waals surface area contributed by atoms with Gasteiger partial charge < -0.3 is 14.8 Å². The minimum atomic E-state index is -0.377. The number of methoxy groups -OCH3 is 2. The number of ketones is 1. The van der Waals surface area contributed by atoms with Gasteiger partial charge in [-0.25, -0.2) is 4.98 Å². The number of aryl methyl sites for hydroxylation is 2. The number of benzene rings is 2. The molecule has 1 amide bonds. The number of amides is 1. The number of pyridine rings is 1. The van der Waals surface area contributed by atoms with Crippen LogP contribution >= 0.6 is 0 Å². The Kier molecular flexibility index (Phi) is 8.79. The Balaban J connectivity index is 1.85. The molecule has 0 spiro atoms. The molecule has 0 saturated heterocycles. The van der Waals surface area contributed by atoms with Gasteiger partial charge in [0.25, 0.3) is 5.91 Å². The number of hydrogen-bond donors (Lipinski definition) is 1. The molecule has 0 unspecified atom stereocenters. The van der Waals surface area contributed by atoms with Gasteiger partial charge in [-0.05, 0) is 66.8 Å². The van der Waals surface area contributed by atoms with Crippen LogP contribution in [0.2, 0.25) is 0 Å². The van der Waals surface area contributed by atoms with Crippen molar-refractivity contribution in [2.24, 2.45) is 0 Å². The summed E-state index contributed by atoms with van der Waals surface area (Å²) in [6, 6.07) is 16.8. The maximum atomic E-state index is 13.1. The van der Waals surface area contributed by atoms with E-state index in [9.17, 15) is 9.59 Å². The molecule has 0 atom stereocenters. The van der Waals surface area contributed by atoms with E-state index in [1.165, 1.54) is 14.2 Å². The van der Waals surface area contributed by atoms with E-state index in [4.69, 9.17) is 14.5 Å². The fourth-order valence-electron chi connectivity index (χ4n) is 3.83.